The molecule has 5 heteroatoms. The number of aromatic carboxylic acids is 1. The first-order chi connectivity index (χ1) is 15.1. The Morgan fingerprint density at radius 2 is 1.94 bits per heavy atom. The van der Waals surface area contributed by atoms with E-state index < -0.39 is 5.97 Å². The minimum absolute atomic E-state index is 0.362. The maximum atomic E-state index is 11.4. The van der Waals surface area contributed by atoms with E-state index in [0.717, 1.165) is 42.7 Å². The second-order valence-electron chi connectivity index (χ2n) is 7.98. The molecule has 1 aliphatic rings. The van der Waals surface area contributed by atoms with Crippen LogP contribution >= 0.6 is 0 Å². The van der Waals surface area contributed by atoms with E-state index >= 15 is 0 Å². The second-order valence-corrected chi connectivity index (χ2v) is 7.98. The van der Waals surface area contributed by atoms with Crippen LogP contribution in [-0.4, -0.2) is 29.7 Å². The van der Waals surface area contributed by atoms with Gasteiger partial charge in [0.05, 0.1) is 12.2 Å². The average molecular weight is 417 g/mol. The van der Waals surface area contributed by atoms with Crippen molar-refractivity contribution in [3.63, 3.8) is 0 Å². The van der Waals surface area contributed by atoms with Crippen molar-refractivity contribution < 1.29 is 14.6 Å². The summed E-state index contributed by atoms with van der Waals surface area (Å²) in [6.07, 6.45) is 7.06. The van der Waals surface area contributed by atoms with Crippen molar-refractivity contribution in [2.24, 2.45) is 0 Å². The van der Waals surface area contributed by atoms with Crippen LogP contribution in [0.5, 0.6) is 5.75 Å². The Morgan fingerprint density at radius 3 is 2.68 bits per heavy atom. The van der Waals surface area contributed by atoms with E-state index in [0.29, 0.717) is 18.1 Å². The zero-order valence-electron chi connectivity index (χ0n) is 18.0. The molecule has 0 aliphatic heterocycles. The molecule has 1 aromatic heterocycles. The lowest BCUT2D eigenvalue weighted by atomic mass is 9.93. The predicted octanol–water partition coefficient (Wildman–Crippen LogP) is 5.61. The molecule has 0 radical (unpaired) electrons. The zero-order chi connectivity index (χ0) is 21.8. The summed E-state index contributed by atoms with van der Waals surface area (Å²) < 4.78 is 5.54. The van der Waals surface area contributed by atoms with Crippen LogP contribution in [0.15, 0.2) is 60.9 Å². The van der Waals surface area contributed by atoms with Gasteiger partial charge >= 0.3 is 5.97 Å². The van der Waals surface area contributed by atoms with Crippen LogP contribution < -0.4 is 9.64 Å². The number of nitrogens with zero attached hydrogens (tertiary/aromatic N) is 2. The first kappa shape index (κ1) is 20.9. The molecule has 0 fully saturated rings. The number of aromatic nitrogens is 1. The van der Waals surface area contributed by atoms with Gasteiger partial charge in [0.1, 0.15) is 5.75 Å². The minimum atomic E-state index is -0.883. The van der Waals surface area contributed by atoms with Gasteiger partial charge in [-0.05, 0) is 97.7 Å². The number of carboxylic acids is 1. The van der Waals surface area contributed by atoms with Crippen LogP contribution in [0.4, 0.5) is 11.4 Å². The number of aryl methyl sites for hydroxylation is 2. The molecule has 0 unspecified atom stereocenters. The minimum Gasteiger partial charge on any atom is -0.494 e. The Kier molecular flexibility index (Phi) is 6.21. The van der Waals surface area contributed by atoms with Gasteiger partial charge in [-0.25, -0.2) is 4.79 Å². The molecule has 1 heterocycles. The Bertz CT molecular complexity index is 1060. The van der Waals surface area contributed by atoms with E-state index in [9.17, 15) is 9.90 Å². The second kappa shape index (κ2) is 9.21. The van der Waals surface area contributed by atoms with Crippen molar-refractivity contribution in [2.45, 2.75) is 38.5 Å². The lowest BCUT2D eigenvalue weighted by Gasteiger charge is -2.21. The number of ether oxygens (including phenoxy) is 1. The number of hydrogen-bond donors (Lipinski definition) is 1. The Labute approximate surface area is 183 Å². The standard InChI is InChI=1S/C26H28N2O3/c1-3-31-23-11-8-21(9-12-23)28(2)22-10-13-24-18(4-6-19(24)16-22)5-7-20-17-27-15-14-25(20)26(29)30/h8-18H,3-7H2,1-2H3,(H,29,30)/t18-/m0/s1. The first-order valence-electron chi connectivity index (χ1n) is 10.8. The van der Waals surface area contributed by atoms with Crippen molar-refractivity contribution in [1.29, 1.82) is 0 Å². The van der Waals surface area contributed by atoms with Crippen LogP contribution in [0.1, 0.15) is 52.7 Å². The Morgan fingerprint density at radius 1 is 1.16 bits per heavy atom. The normalized spacial score (nSPS) is 14.8. The molecule has 0 saturated heterocycles. The number of benzene rings is 2. The number of rotatable bonds is 8. The van der Waals surface area contributed by atoms with E-state index in [2.05, 4.69) is 47.3 Å². The van der Waals surface area contributed by atoms with E-state index in [4.69, 9.17) is 4.74 Å². The lowest BCUT2D eigenvalue weighted by Crippen LogP contribution is -2.10. The third-order valence-electron chi connectivity index (χ3n) is 6.15. The van der Waals surface area contributed by atoms with E-state index in [1.807, 2.05) is 19.1 Å². The summed E-state index contributed by atoms with van der Waals surface area (Å²) >= 11 is 0. The molecule has 0 saturated carbocycles. The van der Waals surface area contributed by atoms with Gasteiger partial charge in [-0.2, -0.15) is 0 Å². The number of carbonyl (C=O) groups is 1. The molecule has 1 N–H and O–H groups in total. The fraction of sp³-hybridized carbons (Fsp3) is 0.308. The fourth-order valence-corrected chi connectivity index (χ4v) is 4.45. The number of carboxylic acid groups (broad SMARTS) is 1. The van der Waals surface area contributed by atoms with Crippen molar-refractivity contribution in [3.8, 4) is 5.75 Å². The molecular formula is C26H28N2O3. The molecule has 4 rings (SSSR count). The highest BCUT2D eigenvalue weighted by molar-refractivity contribution is 5.89. The van der Waals surface area contributed by atoms with E-state index in [1.54, 1.807) is 18.5 Å². The van der Waals surface area contributed by atoms with Gasteiger partial charge in [-0.15, -0.1) is 0 Å². The van der Waals surface area contributed by atoms with Crippen LogP contribution in [0.2, 0.25) is 0 Å². The zero-order valence-corrected chi connectivity index (χ0v) is 18.0. The maximum Gasteiger partial charge on any atom is 0.336 e. The topological polar surface area (TPSA) is 62.7 Å². The predicted molar refractivity (Wildman–Crippen MR) is 123 cm³/mol. The molecule has 160 valence electrons. The lowest BCUT2D eigenvalue weighted by molar-refractivity contribution is 0.0695. The molecule has 0 spiro atoms. The van der Waals surface area contributed by atoms with Crippen LogP contribution in [0.3, 0.4) is 0 Å². The molecule has 5 nitrogen and oxygen atoms in total. The van der Waals surface area contributed by atoms with Crippen molar-refractivity contribution >= 4 is 17.3 Å². The Balaban J connectivity index is 1.46. The molecule has 1 aliphatic carbocycles. The van der Waals surface area contributed by atoms with Gasteiger partial charge in [-0.1, -0.05) is 6.07 Å². The van der Waals surface area contributed by atoms with Gasteiger partial charge in [-0.3, -0.25) is 4.98 Å². The van der Waals surface area contributed by atoms with Gasteiger partial charge in [0, 0.05) is 30.8 Å². The molecule has 0 amide bonds. The number of hydrogen-bond acceptors (Lipinski definition) is 4. The highest BCUT2D eigenvalue weighted by atomic mass is 16.5. The van der Waals surface area contributed by atoms with Crippen LogP contribution in [0.25, 0.3) is 0 Å². The maximum absolute atomic E-state index is 11.4. The van der Waals surface area contributed by atoms with Gasteiger partial charge in [0.15, 0.2) is 0 Å². The van der Waals surface area contributed by atoms with E-state index in [1.165, 1.54) is 16.8 Å². The Hall–Kier alpha value is -3.34. The molecule has 1 atom stereocenters. The quantitative estimate of drug-likeness (QED) is 0.517. The van der Waals surface area contributed by atoms with Gasteiger partial charge in [0.25, 0.3) is 0 Å². The number of pyridine rings is 1. The smallest absolute Gasteiger partial charge is 0.336 e. The van der Waals surface area contributed by atoms with E-state index in [-0.39, 0.29) is 0 Å². The van der Waals surface area contributed by atoms with Crippen molar-refractivity contribution in [3.05, 3.63) is 83.2 Å². The van der Waals surface area contributed by atoms with Crippen molar-refractivity contribution in [2.75, 3.05) is 18.6 Å². The summed E-state index contributed by atoms with van der Waals surface area (Å²) in [6.45, 7) is 2.65. The summed E-state index contributed by atoms with van der Waals surface area (Å²) in [5.74, 6) is 0.462. The SMILES string of the molecule is CCOc1ccc(N(C)c2ccc3c(c2)CC[C@H]3CCc2cnccc2C(=O)O)cc1. The first-order valence-corrected chi connectivity index (χ1v) is 10.8. The number of anilines is 2. The highest BCUT2D eigenvalue weighted by Crippen LogP contribution is 2.39. The van der Waals surface area contributed by atoms with Crippen LogP contribution in [-0.2, 0) is 12.8 Å². The molecule has 0 bridgehead atoms. The van der Waals surface area contributed by atoms with Crippen molar-refractivity contribution in [1.82, 2.24) is 4.98 Å². The summed E-state index contributed by atoms with van der Waals surface area (Å²) in [7, 11) is 2.08. The largest absolute Gasteiger partial charge is 0.494 e. The molecular weight excluding hydrogens is 388 g/mol. The molecule has 3 aromatic rings. The summed E-state index contributed by atoms with van der Waals surface area (Å²) in [5, 5.41) is 9.39. The number of fused-ring (bicyclic) bond motifs is 1. The molecule has 2 aromatic carbocycles. The molecule has 31 heavy (non-hydrogen) atoms. The van der Waals surface area contributed by atoms with Gasteiger partial charge < -0.3 is 14.7 Å². The average Bonchev–Trinajstić information content (AvgIpc) is 3.20. The summed E-state index contributed by atoms with van der Waals surface area (Å²) in [6, 6.07) is 16.5. The fourth-order valence-electron chi connectivity index (χ4n) is 4.45. The monoisotopic (exact) mass is 416 g/mol. The highest BCUT2D eigenvalue weighted by Gasteiger charge is 2.24. The summed E-state index contributed by atoms with van der Waals surface area (Å²) in [5.41, 5.74) is 6.25. The third-order valence-corrected chi connectivity index (χ3v) is 6.15. The van der Waals surface area contributed by atoms with Gasteiger partial charge in [0.2, 0.25) is 0 Å². The van der Waals surface area contributed by atoms with Crippen LogP contribution in [0, 0.1) is 0 Å². The summed E-state index contributed by atoms with van der Waals surface area (Å²) in [4.78, 5) is 17.8. The third kappa shape index (κ3) is 4.55.